The Kier molecular flexibility index (Phi) is 5.11. The number of carbonyl (C=O) groups is 2. The van der Waals surface area contributed by atoms with Gasteiger partial charge >= 0.3 is 11.9 Å². The number of hydrogen-bond donors (Lipinski definition) is 0. The predicted molar refractivity (Wildman–Crippen MR) is 100 cm³/mol. The highest BCUT2D eigenvalue weighted by atomic mass is 16.6. The summed E-state index contributed by atoms with van der Waals surface area (Å²) in [6, 6.07) is 19.3. The molecule has 7 nitrogen and oxygen atoms in total. The fraction of sp³-hybridized carbons (Fsp3) is 0. The Bertz CT molecular complexity index is 988. The zero-order valence-electron chi connectivity index (χ0n) is 14.9. The van der Waals surface area contributed by atoms with Crippen molar-refractivity contribution in [1.82, 2.24) is 0 Å². The summed E-state index contributed by atoms with van der Waals surface area (Å²) >= 11 is 0. The van der Waals surface area contributed by atoms with Gasteiger partial charge < -0.3 is 23.0 Å². The predicted octanol–water partition coefficient (Wildman–Crippen LogP) is 5.10. The van der Waals surface area contributed by atoms with Gasteiger partial charge in [0, 0.05) is 0 Å². The summed E-state index contributed by atoms with van der Waals surface area (Å²) in [5.74, 6) is 0.896. The van der Waals surface area contributed by atoms with E-state index in [1.165, 1.54) is 24.7 Å². The van der Waals surface area contributed by atoms with Crippen LogP contribution in [0.4, 0.5) is 0 Å². The fourth-order valence-corrected chi connectivity index (χ4v) is 2.39. The summed E-state index contributed by atoms with van der Waals surface area (Å²) in [7, 11) is 0. The minimum atomic E-state index is -0.580. The number of benzene rings is 2. The van der Waals surface area contributed by atoms with Crippen molar-refractivity contribution in [2.75, 3.05) is 0 Å². The van der Waals surface area contributed by atoms with Gasteiger partial charge in [0.05, 0.1) is 12.5 Å². The minimum absolute atomic E-state index is 0.123. The molecule has 0 amide bonds. The van der Waals surface area contributed by atoms with Crippen LogP contribution in [0.2, 0.25) is 0 Å². The fourth-order valence-electron chi connectivity index (χ4n) is 2.39. The van der Waals surface area contributed by atoms with Crippen LogP contribution in [0.1, 0.15) is 21.1 Å². The van der Waals surface area contributed by atoms with Crippen molar-refractivity contribution >= 4 is 11.9 Å². The van der Waals surface area contributed by atoms with Gasteiger partial charge in [0.25, 0.3) is 0 Å². The van der Waals surface area contributed by atoms with E-state index in [1.807, 2.05) is 0 Å². The Morgan fingerprint density at radius 3 is 1.28 bits per heavy atom. The van der Waals surface area contributed by atoms with E-state index in [0.29, 0.717) is 23.0 Å². The Balaban J connectivity index is 1.34. The van der Waals surface area contributed by atoms with Crippen molar-refractivity contribution < 1.29 is 32.6 Å². The normalized spacial score (nSPS) is 10.3. The number of hydrogen-bond acceptors (Lipinski definition) is 7. The first-order valence-corrected chi connectivity index (χ1v) is 8.57. The second-order valence-corrected chi connectivity index (χ2v) is 5.78. The van der Waals surface area contributed by atoms with Gasteiger partial charge in [-0.15, -0.1) is 0 Å². The lowest BCUT2D eigenvalue weighted by Gasteiger charge is -2.08. The Hall–Kier alpha value is -4.26. The third-order valence-electron chi connectivity index (χ3n) is 3.75. The lowest BCUT2D eigenvalue weighted by atomic mass is 10.3. The molecule has 29 heavy (non-hydrogen) atoms. The first kappa shape index (κ1) is 18.1. The molecule has 0 N–H and O–H groups in total. The van der Waals surface area contributed by atoms with E-state index in [9.17, 15) is 9.59 Å². The lowest BCUT2D eigenvalue weighted by Crippen LogP contribution is -2.07. The monoisotopic (exact) mass is 390 g/mol. The van der Waals surface area contributed by atoms with Gasteiger partial charge in [0.1, 0.15) is 23.0 Å². The molecule has 4 aromatic rings. The van der Waals surface area contributed by atoms with Crippen LogP contribution >= 0.6 is 0 Å². The lowest BCUT2D eigenvalue weighted by molar-refractivity contribution is 0.0692. The molecule has 7 heteroatoms. The molecule has 0 aliphatic carbocycles. The zero-order chi connectivity index (χ0) is 20.1. The van der Waals surface area contributed by atoms with Gasteiger partial charge in [-0.2, -0.15) is 0 Å². The van der Waals surface area contributed by atoms with Crippen molar-refractivity contribution in [2.24, 2.45) is 0 Å². The maximum atomic E-state index is 11.8. The van der Waals surface area contributed by atoms with E-state index in [2.05, 4.69) is 0 Å². The average molecular weight is 390 g/mol. The summed E-state index contributed by atoms with van der Waals surface area (Å²) in [6.07, 6.45) is 2.80. The number of ether oxygens (including phenoxy) is 3. The van der Waals surface area contributed by atoms with Crippen LogP contribution in [0.15, 0.2) is 94.2 Å². The van der Waals surface area contributed by atoms with Crippen molar-refractivity contribution in [3.63, 3.8) is 0 Å². The zero-order valence-corrected chi connectivity index (χ0v) is 14.9. The molecule has 0 saturated carbocycles. The summed E-state index contributed by atoms with van der Waals surface area (Å²) in [4.78, 5) is 23.7. The highest BCUT2D eigenvalue weighted by Gasteiger charge is 2.12. The molecule has 0 spiro atoms. The third-order valence-corrected chi connectivity index (χ3v) is 3.75. The molecule has 0 aliphatic rings. The first-order valence-electron chi connectivity index (χ1n) is 8.57. The van der Waals surface area contributed by atoms with Crippen molar-refractivity contribution in [2.45, 2.75) is 0 Å². The standard InChI is InChI=1S/C22H14O7/c23-21(19-3-1-13-25-19)28-17-9-5-15(6-10-17)27-16-7-11-18(12-8-16)29-22(24)20-4-2-14-26-20/h1-14H. The molecule has 2 aromatic carbocycles. The van der Waals surface area contributed by atoms with Gasteiger partial charge in [0.15, 0.2) is 0 Å². The van der Waals surface area contributed by atoms with Crippen LogP contribution in [0.3, 0.4) is 0 Å². The number of rotatable bonds is 6. The number of esters is 2. The molecule has 0 aliphatic heterocycles. The molecular weight excluding hydrogens is 376 g/mol. The molecule has 0 bridgehead atoms. The maximum absolute atomic E-state index is 11.8. The molecule has 0 fully saturated rings. The topological polar surface area (TPSA) is 88.1 Å². The largest absolute Gasteiger partial charge is 0.457 e. The molecule has 0 saturated heterocycles. The number of furan rings is 2. The van der Waals surface area contributed by atoms with Crippen LogP contribution in [-0.2, 0) is 0 Å². The van der Waals surface area contributed by atoms with E-state index < -0.39 is 11.9 Å². The highest BCUT2D eigenvalue weighted by molar-refractivity contribution is 5.88. The molecule has 2 aromatic heterocycles. The van der Waals surface area contributed by atoms with Gasteiger partial charge in [-0.1, -0.05) is 0 Å². The van der Waals surface area contributed by atoms with Gasteiger partial charge in [-0.25, -0.2) is 9.59 Å². The van der Waals surface area contributed by atoms with Crippen molar-refractivity contribution in [3.8, 4) is 23.0 Å². The van der Waals surface area contributed by atoms with Gasteiger partial charge in [-0.3, -0.25) is 0 Å². The van der Waals surface area contributed by atoms with Crippen LogP contribution < -0.4 is 14.2 Å². The molecule has 4 rings (SSSR count). The van der Waals surface area contributed by atoms with Gasteiger partial charge in [0.2, 0.25) is 11.5 Å². The van der Waals surface area contributed by atoms with Crippen LogP contribution in [0, 0.1) is 0 Å². The first-order chi connectivity index (χ1) is 14.2. The Labute approximate surface area is 165 Å². The van der Waals surface area contributed by atoms with Crippen LogP contribution in [0.25, 0.3) is 0 Å². The summed E-state index contributed by atoms with van der Waals surface area (Å²) in [6.45, 7) is 0. The van der Waals surface area contributed by atoms with E-state index in [4.69, 9.17) is 23.0 Å². The summed E-state index contributed by atoms with van der Waals surface area (Å²) < 4.78 is 26.1. The second-order valence-electron chi connectivity index (χ2n) is 5.78. The summed E-state index contributed by atoms with van der Waals surface area (Å²) in [5, 5.41) is 0. The van der Waals surface area contributed by atoms with Crippen LogP contribution in [-0.4, -0.2) is 11.9 Å². The minimum Gasteiger partial charge on any atom is -0.457 e. The van der Waals surface area contributed by atoms with E-state index in [1.54, 1.807) is 60.7 Å². The van der Waals surface area contributed by atoms with E-state index in [-0.39, 0.29) is 11.5 Å². The smallest absolute Gasteiger partial charge is 0.379 e. The molecule has 2 heterocycles. The molecular formula is C22H14O7. The van der Waals surface area contributed by atoms with Gasteiger partial charge in [-0.05, 0) is 72.8 Å². The number of carbonyl (C=O) groups excluding carboxylic acids is 2. The maximum Gasteiger partial charge on any atom is 0.379 e. The third kappa shape index (κ3) is 4.54. The Morgan fingerprint density at radius 1 is 0.552 bits per heavy atom. The van der Waals surface area contributed by atoms with E-state index >= 15 is 0 Å². The Morgan fingerprint density at radius 2 is 0.931 bits per heavy atom. The quantitative estimate of drug-likeness (QED) is 0.334. The van der Waals surface area contributed by atoms with Crippen molar-refractivity contribution in [3.05, 3.63) is 96.8 Å². The molecule has 0 atom stereocenters. The molecule has 144 valence electrons. The second kappa shape index (κ2) is 8.18. The van der Waals surface area contributed by atoms with E-state index in [0.717, 1.165) is 0 Å². The molecule has 0 unspecified atom stereocenters. The van der Waals surface area contributed by atoms with Crippen molar-refractivity contribution in [1.29, 1.82) is 0 Å². The van der Waals surface area contributed by atoms with Crippen LogP contribution in [0.5, 0.6) is 23.0 Å². The highest BCUT2D eigenvalue weighted by Crippen LogP contribution is 2.26. The SMILES string of the molecule is O=C(Oc1ccc(Oc2ccc(OC(=O)c3ccco3)cc2)cc1)c1ccco1. The molecule has 0 radical (unpaired) electrons. The average Bonchev–Trinajstić information content (AvgIpc) is 3.45. The summed E-state index contributed by atoms with van der Waals surface area (Å²) in [5.41, 5.74) is 0.